The highest BCUT2D eigenvalue weighted by atomic mass is 35.5. The molecule has 4 rings (SSSR count). The van der Waals surface area contributed by atoms with Crippen LogP contribution in [0.4, 0.5) is 30.8 Å². The van der Waals surface area contributed by atoms with Crippen LogP contribution in [0.2, 0.25) is 5.02 Å². The number of carbonyl (C=O) groups is 4. The van der Waals surface area contributed by atoms with Crippen molar-refractivity contribution in [3.05, 3.63) is 64.7 Å². The third-order valence-corrected chi connectivity index (χ3v) is 8.16. The molecule has 1 aliphatic rings. The van der Waals surface area contributed by atoms with Gasteiger partial charge in [0.2, 0.25) is 17.7 Å². The monoisotopic (exact) mass is 719 g/mol. The molecule has 1 heterocycles. The van der Waals surface area contributed by atoms with Gasteiger partial charge in [-0.25, -0.2) is 4.79 Å². The Kier molecular flexibility index (Phi) is 12.6. The number of benzene rings is 2. The summed E-state index contributed by atoms with van der Waals surface area (Å²) in [6.07, 6.45) is -2.36. The van der Waals surface area contributed by atoms with Crippen LogP contribution in [-0.4, -0.2) is 70.5 Å². The number of ether oxygens (including phenoxy) is 2. The number of nitrogens with one attached hydrogen (secondary N) is 4. The minimum absolute atomic E-state index is 0.0246. The average Bonchev–Trinajstić information content (AvgIpc) is 3.87. The number of rotatable bonds is 17. The zero-order valence-electron chi connectivity index (χ0n) is 27.5. The molecule has 2 amide bonds. The second kappa shape index (κ2) is 16.6. The van der Waals surface area contributed by atoms with Crippen LogP contribution in [0.15, 0.2) is 48.5 Å². The second-order valence-corrected chi connectivity index (χ2v) is 12.0. The van der Waals surface area contributed by atoms with Crippen LogP contribution in [0.5, 0.6) is 6.01 Å². The van der Waals surface area contributed by atoms with Crippen molar-refractivity contribution in [2.75, 3.05) is 24.4 Å². The first-order valence-electron chi connectivity index (χ1n) is 15.8. The summed E-state index contributed by atoms with van der Waals surface area (Å²) in [6.45, 7) is 2.15. The molecule has 17 heteroatoms. The van der Waals surface area contributed by atoms with E-state index in [-0.39, 0.29) is 36.3 Å². The topological polar surface area (TPSA) is 174 Å². The molecule has 1 saturated carbocycles. The summed E-state index contributed by atoms with van der Waals surface area (Å²) in [4.78, 5) is 62.3. The third kappa shape index (κ3) is 10.8. The van der Waals surface area contributed by atoms with Crippen LogP contribution < -0.4 is 26.0 Å². The number of aromatic nitrogens is 3. The molecule has 50 heavy (non-hydrogen) atoms. The molecule has 1 fully saturated rings. The van der Waals surface area contributed by atoms with E-state index in [1.165, 1.54) is 24.3 Å². The van der Waals surface area contributed by atoms with Gasteiger partial charge in [0.1, 0.15) is 6.04 Å². The molecule has 0 radical (unpaired) electrons. The summed E-state index contributed by atoms with van der Waals surface area (Å²) in [5, 5.41) is 11.8. The molecule has 0 saturated heterocycles. The van der Waals surface area contributed by atoms with Gasteiger partial charge in [-0.05, 0) is 74.1 Å². The molecule has 13 nitrogen and oxygen atoms in total. The Bertz CT molecular complexity index is 1670. The van der Waals surface area contributed by atoms with E-state index in [9.17, 15) is 32.3 Å². The SMILES string of the molecule is CCC(CC)NC(=O)C(=O)CC[C@@H](NC(=O)c1ccc(Nc2nc(NC3(c4ccc(Cl)cc4)CC3)nc(OCC(F)(F)F)n2)cc1)C(=O)OC. The fourth-order valence-electron chi connectivity index (χ4n) is 4.89. The summed E-state index contributed by atoms with van der Waals surface area (Å²) in [6, 6.07) is 11.0. The normalized spacial score (nSPS) is 13.9. The molecule has 268 valence electrons. The van der Waals surface area contributed by atoms with E-state index >= 15 is 0 Å². The van der Waals surface area contributed by atoms with E-state index in [4.69, 9.17) is 21.1 Å². The van der Waals surface area contributed by atoms with E-state index < -0.39 is 53.9 Å². The predicted molar refractivity (Wildman–Crippen MR) is 177 cm³/mol. The number of ketones is 1. The van der Waals surface area contributed by atoms with Crippen molar-refractivity contribution in [2.45, 2.75) is 76.2 Å². The smallest absolute Gasteiger partial charge is 0.422 e. The van der Waals surface area contributed by atoms with Crippen LogP contribution >= 0.6 is 11.6 Å². The third-order valence-electron chi connectivity index (χ3n) is 7.91. The van der Waals surface area contributed by atoms with Gasteiger partial charge in [-0.2, -0.15) is 28.1 Å². The highest BCUT2D eigenvalue weighted by Gasteiger charge is 2.45. The van der Waals surface area contributed by atoms with E-state index in [2.05, 4.69) is 36.2 Å². The van der Waals surface area contributed by atoms with E-state index in [1.54, 1.807) is 12.1 Å². The lowest BCUT2D eigenvalue weighted by Gasteiger charge is -2.19. The number of amides is 2. The highest BCUT2D eigenvalue weighted by molar-refractivity contribution is 6.36. The number of alkyl halides is 3. The summed E-state index contributed by atoms with van der Waals surface area (Å²) in [5.74, 6) is -3.10. The Morgan fingerprint density at radius 2 is 1.56 bits per heavy atom. The average molecular weight is 720 g/mol. The van der Waals surface area contributed by atoms with Gasteiger partial charge in [-0.1, -0.05) is 37.6 Å². The molecule has 1 atom stereocenters. The zero-order valence-corrected chi connectivity index (χ0v) is 28.3. The number of hydrogen-bond acceptors (Lipinski definition) is 11. The molecule has 1 aromatic heterocycles. The fourth-order valence-corrected chi connectivity index (χ4v) is 5.01. The Morgan fingerprint density at radius 3 is 2.14 bits per heavy atom. The first kappa shape index (κ1) is 37.8. The second-order valence-electron chi connectivity index (χ2n) is 11.6. The van der Waals surface area contributed by atoms with E-state index in [1.807, 2.05) is 26.0 Å². The molecule has 0 aliphatic heterocycles. The van der Waals surface area contributed by atoms with Crippen molar-refractivity contribution in [1.29, 1.82) is 0 Å². The Morgan fingerprint density at radius 1 is 0.920 bits per heavy atom. The van der Waals surface area contributed by atoms with E-state index in [0.29, 0.717) is 36.4 Å². The number of hydrogen-bond donors (Lipinski definition) is 4. The van der Waals surface area contributed by atoms with Crippen LogP contribution in [0, 0.1) is 0 Å². The van der Waals surface area contributed by atoms with Crippen molar-refractivity contribution in [1.82, 2.24) is 25.6 Å². The Labute approximate surface area is 291 Å². The van der Waals surface area contributed by atoms with Gasteiger partial charge in [-0.3, -0.25) is 14.4 Å². The quantitative estimate of drug-likeness (QED) is 0.106. The van der Waals surface area contributed by atoms with Gasteiger partial charge in [0.25, 0.3) is 11.8 Å². The van der Waals surface area contributed by atoms with Crippen LogP contribution in [0.1, 0.15) is 68.3 Å². The van der Waals surface area contributed by atoms with Crippen molar-refractivity contribution in [3.8, 4) is 6.01 Å². The Balaban J connectivity index is 1.44. The maximum atomic E-state index is 13.0. The number of Topliss-reactive ketones (excluding diaryl/α,β-unsaturated/α-hetero) is 1. The summed E-state index contributed by atoms with van der Waals surface area (Å²) >= 11 is 6.02. The first-order chi connectivity index (χ1) is 23.7. The molecule has 4 N–H and O–H groups in total. The van der Waals surface area contributed by atoms with Crippen LogP contribution in [-0.2, 0) is 24.7 Å². The van der Waals surface area contributed by atoms with Gasteiger partial charge < -0.3 is 30.7 Å². The van der Waals surface area contributed by atoms with Crippen molar-refractivity contribution < 1.29 is 41.8 Å². The number of halogens is 4. The number of nitrogens with zero attached hydrogens (tertiary/aromatic N) is 3. The largest absolute Gasteiger partial charge is 0.467 e. The molecule has 1 aliphatic carbocycles. The lowest BCUT2D eigenvalue weighted by molar-refractivity contribution is -0.154. The fraction of sp³-hybridized carbons (Fsp3) is 0.424. The predicted octanol–water partition coefficient (Wildman–Crippen LogP) is 5.24. The summed E-state index contributed by atoms with van der Waals surface area (Å²) in [7, 11) is 1.13. The molecule has 0 spiro atoms. The molecule has 3 aromatic rings. The lowest BCUT2D eigenvalue weighted by atomic mass is 10.1. The van der Waals surface area contributed by atoms with Gasteiger partial charge in [0.05, 0.1) is 12.6 Å². The number of methoxy groups -OCH3 is 1. The van der Waals surface area contributed by atoms with Gasteiger partial charge in [-0.15, -0.1) is 0 Å². The highest BCUT2D eigenvalue weighted by Crippen LogP contribution is 2.48. The standard InChI is InChI=1S/C33H37ClF3N7O6/c1-4-22(5-2)38-27(47)25(45)15-14-24(28(48)49-3)40-26(46)19-6-12-23(13-7-19)39-29-41-30(43-31(42-29)50-18-33(35,36)37)44-32(16-17-32)20-8-10-21(34)11-9-20/h6-13,22,24H,4-5,14-18H2,1-3H3,(H,38,47)(H,40,46)(H2,39,41,42,43,44)/t24-/m1/s1. The molecule has 2 aromatic carbocycles. The minimum Gasteiger partial charge on any atom is -0.467 e. The van der Waals surface area contributed by atoms with Crippen LogP contribution in [0.3, 0.4) is 0 Å². The summed E-state index contributed by atoms with van der Waals surface area (Å²) in [5.41, 5.74) is 0.840. The minimum atomic E-state index is -4.63. The van der Waals surface area contributed by atoms with E-state index in [0.717, 1.165) is 12.7 Å². The Hall–Kier alpha value is -4.99. The number of esters is 1. The maximum Gasteiger partial charge on any atom is 0.422 e. The molecule has 0 unspecified atom stereocenters. The zero-order chi connectivity index (χ0) is 36.5. The molecule has 0 bridgehead atoms. The van der Waals surface area contributed by atoms with Crippen molar-refractivity contribution in [2.24, 2.45) is 0 Å². The number of carbonyl (C=O) groups excluding carboxylic acids is 4. The van der Waals surface area contributed by atoms with Crippen molar-refractivity contribution in [3.63, 3.8) is 0 Å². The van der Waals surface area contributed by atoms with Crippen LogP contribution in [0.25, 0.3) is 0 Å². The number of anilines is 3. The summed E-state index contributed by atoms with van der Waals surface area (Å²) < 4.78 is 48.3. The lowest BCUT2D eigenvalue weighted by Crippen LogP contribution is -2.43. The molecular weight excluding hydrogens is 683 g/mol. The molecular formula is C33H37ClF3N7O6. The van der Waals surface area contributed by atoms with Gasteiger partial charge in [0, 0.05) is 28.7 Å². The van der Waals surface area contributed by atoms with Gasteiger partial charge >= 0.3 is 18.2 Å². The maximum absolute atomic E-state index is 13.0. The van der Waals surface area contributed by atoms with Gasteiger partial charge in [0.15, 0.2) is 6.61 Å². The first-order valence-corrected chi connectivity index (χ1v) is 16.2. The van der Waals surface area contributed by atoms with Crippen molar-refractivity contribution >= 4 is 52.8 Å².